The van der Waals surface area contributed by atoms with Crippen molar-refractivity contribution in [2.75, 3.05) is 10.6 Å². The number of imidazole rings is 1. The van der Waals surface area contributed by atoms with E-state index >= 15 is 0 Å². The average Bonchev–Trinajstić information content (AvgIpc) is 2.72. The second-order valence-corrected chi connectivity index (χ2v) is 4.11. The molecule has 18 heavy (non-hydrogen) atoms. The van der Waals surface area contributed by atoms with E-state index in [-0.39, 0.29) is 5.91 Å². The SMILES string of the molecule is CC(=O)Nc1cccc(NCc2cncn2C)c1. The molecule has 0 aliphatic rings. The molecule has 94 valence electrons. The molecule has 0 saturated heterocycles. The van der Waals surface area contributed by atoms with Crippen LogP contribution in [0.15, 0.2) is 36.8 Å². The smallest absolute Gasteiger partial charge is 0.221 e. The molecule has 2 rings (SSSR count). The van der Waals surface area contributed by atoms with Crippen molar-refractivity contribution in [1.29, 1.82) is 0 Å². The molecule has 0 bridgehead atoms. The fourth-order valence-corrected chi connectivity index (χ4v) is 1.66. The van der Waals surface area contributed by atoms with E-state index in [2.05, 4.69) is 15.6 Å². The molecule has 1 aromatic heterocycles. The van der Waals surface area contributed by atoms with E-state index < -0.39 is 0 Å². The lowest BCUT2D eigenvalue weighted by Gasteiger charge is -2.09. The van der Waals surface area contributed by atoms with Crippen molar-refractivity contribution in [3.8, 4) is 0 Å². The number of rotatable bonds is 4. The van der Waals surface area contributed by atoms with Gasteiger partial charge in [-0.25, -0.2) is 4.98 Å². The molecular weight excluding hydrogens is 228 g/mol. The molecule has 0 radical (unpaired) electrons. The minimum Gasteiger partial charge on any atom is -0.379 e. The largest absolute Gasteiger partial charge is 0.379 e. The van der Waals surface area contributed by atoms with Crippen LogP contribution in [0.2, 0.25) is 0 Å². The number of hydrogen-bond donors (Lipinski definition) is 2. The topological polar surface area (TPSA) is 59.0 Å². The molecule has 2 N–H and O–H groups in total. The van der Waals surface area contributed by atoms with E-state index in [4.69, 9.17) is 0 Å². The first-order valence-corrected chi connectivity index (χ1v) is 5.72. The average molecular weight is 244 g/mol. The van der Waals surface area contributed by atoms with E-state index in [0.29, 0.717) is 6.54 Å². The normalized spacial score (nSPS) is 10.1. The van der Waals surface area contributed by atoms with E-state index in [1.165, 1.54) is 6.92 Å². The van der Waals surface area contributed by atoms with Crippen molar-refractivity contribution in [3.05, 3.63) is 42.5 Å². The Bertz CT molecular complexity index is 547. The molecule has 0 aliphatic heterocycles. The van der Waals surface area contributed by atoms with Gasteiger partial charge in [-0.15, -0.1) is 0 Å². The number of nitrogens with zero attached hydrogens (tertiary/aromatic N) is 2. The van der Waals surface area contributed by atoms with Gasteiger partial charge in [-0.1, -0.05) is 6.07 Å². The number of aryl methyl sites for hydroxylation is 1. The lowest BCUT2D eigenvalue weighted by Crippen LogP contribution is -2.07. The Morgan fingerprint density at radius 3 is 2.83 bits per heavy atom. The molecule has 0 aliphatic carbocycles. The molecule has 1 heterocycles. The van der Waals surface area contributed by atoms with Crippen LogP contribution in [0.5, 0.6) is 0 Å². The van der Waals surface area contributed by atoms with Crippen LogP contribution in [0.25, 0.3) is 0 Å². The third-order valence-electron chi connectivity index (χ3n) is 2.57. The third-order valence-corrected chi connectivity index (χ3v) is 2.57. The summed E-state index contributed by atoms with van der Waals surface area (Å²) in [6, 6.07) is 7.62. The van der Waals surface area contributed by atoms with Crippen molar-refractivity contribution in [2.24, 2.45) is 7.05 Å². The molecule has 0 unspecified atom stereocenters. The molecule has 5 nitrogen and oxygen atoms in total. The molecule has 1 amide bonds. The van der Waals surface area contributed by atoms with Crippen LogP contribution >= 0.6 is 0 Å². The fourth-order valence-electron chi connectivity index (χ4n) is 1.66. The predicted molar refractivity (Wildman–Crippen MR) is 71.3 cm³/mol. The van der Waals surface area contributed by atoms with Crippen molar-refractivity contribution in [1.82, 2.24) is 9.55 Å². The number of aromatic nitrogens is 2. The van der Waals surface area contributed by atoms with Gasteiger partial charge in [0.05, 0.1) is 18.6 Å². The first-order valence-electron chi connectivity index (χ1n) is 5.72. The monoisotopic (exact) mass is 244 g/mol. The summed E-state index contributed by atoms with van der Waals surface area (Å²) in [4.78, 5) is 15.0. The Labute approximate surface area is 106 Å². The molecule has 5 heteroatoms. The van der Waals surface area contributed by atoms with Gasteiger partial charge in [-0.3, -0.25) is 4.79 Å². The third kappa shape index (κ3) is 3.10. The Morgan fingerprint density at radius 1 is 1.39 bits per heavy atom. The maximum atomic E-state index is 11.0. The quantitative estimate of drug-likeness (QED) is 0.864. The first kappa shape index (κ1) is 12.2. The minimum absolute atomic E-state index is 0.0706. The van der Waals surface area contributed by atoms with Gasteiger partial charge in [0, 0.05) is 31.5 Å². The van der Waals surface area contributed by atoms with Gasteiger partial charge in [-0.05, 0) is 18.2 Å². The second kappa shape index (κ2) is 5.35. The lowest BCUT2D eigenvalue weighted by molar-refractivity contribution is -0.114. The zero-order chi connectivity index (χ0) is 13.0. The summed E-state index contributed by atoms with van der Waals surface area (Å²) < 4.78 is 1.96. The minimum atomic E-state index is -0.0706. The summed E-state index contributed by atoms with van der Waals surface area (Å²) in [6.45, 7) is 2.19. The van der Waals surface area contributed by atoms with E-state index in [1.807, 2.05) is 42.1 Å². The van der Waals surface area contributed by atoms with Crippen LogP contribution in [-0.2, 0) is 18.4 Å². The highest BCUT2D eigenvalue weighted by Gasteiger charge is 2.00. The standard InChI is InChI=1S/C13H16N4O/c1-10(18)16-12-5-3-4-11(6-12)15-8-13-7-14-9-17(13)2/h3-7,9,15H,8H2,1-2H3,(H,16,18). The Balaban J connectivity index is 2.01. The number of nitrogens with one attached hydrogen (secondary N) is 2. The van der Waals surface area contributed by atoms with Crippen LogP contribution in [0.4, 0.5) is 11.4 Å². The Hall–Kier alpha value is -2.30. The van der Waals surface area contributed by atoms with Gasteiger partial charge in [0.1, 0.15) is 0 Å². The molecule has 0 atom stereocenters. The van der Waals surface area contributed by atoms with Gasteiger partial charge in [0.2, 0.25) is 5.91 Å². The maximum Gasteiger partial charge on any atom is 0.221 e. The molecular formula is C13H16N4O. The highest BCUT2D eigenvalue weighted by Crippen LogP contribution is 2.15. The highest BCUT2D eigenvalue weighted by atomic mass is 16.1. The fraction of sp³-hybridized carbons (Fsp3) is 0.231. The lowest BCUT2D eigenvalue weighted by atomic mass is 10.2. The molecule has 0 saturated carbocycles. The number of benzene rings is 1. The van der Waals surface area contributed by atoms with Gasteiger partial charge < -0.3 is 15.2 Å². The van der Waals surface area contributed by atoms with Crippen molar-refractivity contribution in [3.63, 3.8) is 0 Å². The molecule has 2 aromatic rings. The van der Waals surface area contributed by atoms with Crippen molar-refractivity contribution < 1.29 is 4.79 Å². The Morgan fingerprint density at radius 2 is 2.17 bits per heavy atom. The highest BCUT2D eigenvalue weighted by molar-refractivity contribution is 5.89. The van der Waals surface area contributed by atoms with Gasteiger partial charge in [0.25, 0.3) is 0 Å². The van der Waals surface area contributed by atoms with Crippen LogP contribution < -0.4 is 10.6 Å². The zero-order valence-corrected chi connectivity index (χ0v) is 10.5. The summed E-state index contributed by atoms with van der Waals surface area (Å²) in [7, 11) is 1.96. The predicted octanol–water partition coefficient (Wildman–Crippen LogP) is 1.99. The molecule has 1 aromatic carbocycles. The summed E-state index contributed by atoms with van der Waals surface area (Å²) >= 11 is 0. The summed E-state index contributed by atoms with van der Waals surface area (Å²) in [5, 5.41) is 6.04. The van der Waals surface area contributed by atoms with Gasteiger partial charge in [-0.2, -0.15) is 0 Å². The number of hydrogen-bond acceptors (Lipinski definition) is 3. The van der Waals surface area contributed by atoms with Crippen LogP contribution in [0.3, 0.4) is 0 Å². The van der Waals surface area contributed by atoms with Crippen molar-refractivity contribution in [2.45, 2.75) is 13.5 Å². The number of carbonyl (C=O) groups is 1. The maximum absolute atomic E-state index is 11.0. The Kier molecular flexibility index (Phi) is 3.62. The zero-order valence-electron chi connectivity index (χ0n) is 10.5. The summed E-state index contributed by atoms with van der Waals surface area (Å²) in [6.07, 6.45) is 3.59. The summed E-state index contributed by atoms with van der Waals surface area (Å²) in [5.41, 5.74) is 2.85. The van der Waals surface area contributed by atoms with E-state index in [1.54, 1.807) is 6.33 Å². The van der Waals surface area contributed by atoms with Gasteiger partial charge in [0.15, 0.2) is 0 Å². The van der Waals surface area contributed by atoms with Gasteiger partial charge >= 0.3 is 0 Å². The van der Waals surface area contributed by atoms with Crippen LogP contribution in [0, 0.1) is 0 Å². The first-order chi connectivity index (χ1) is 8.65. The van der Waals surface area contributed by atoms with Crippen LogP contribution in [-0.4, -0.2) is 15.5 Å². The number of carbonyl (C=O) groups excluding carboxylic acids is 1. The molecule has 0 spiro atoms. The van der Waals surface area contributed by atoms with Crippen LogP contribution in [0.1, 0.15) is 12.6 Å². The van der Waals surface area contributed by atoms with E-state index in [0.717, 1.165) is 17.1 Å². The molecule has 0 fully saturated rings. The van der Waals surface area contributed by atoms with Crippen molar-refractivity contribution >= 4 is 17.3 Å². The van der Waals surface area contributed by atoms with E-state index in [9.17, 15) is 4.79 Å². The number of amides is 1. The number of anilines is 2. The second-order valence-electron chi connectivity index (χ2n) is 4.11. The summed E-state index contributed by atoms with van der Waals surface area (Å²) in [5.74, 6) is -0.0706.